The number of carbonyl (C=O) groups is 1. The second kappa shape index (κ2) is 7.33. The number of hydrogen-bond acceptors (Lipinski definition) is 4. The number of esters is 1. The van der Waals surface area contributed by atoms with Gasteiger partial charge in [0.15, 0.2) is 11.6 Å². The average Bonchev–Trinajstić information content (AvgIpc) is 2.35. The molecule has 18 heavy (non-hydrogen) atoms. The maximum absolute atomic E-state index is 13.9. The van der Waals surface area contributed by atoms with E-state index in [2.05, 4.69) is 15.9 Å². The van der Waals surface area contributed by atoms with Crippen LogP contribution >= 0.6 is 15.9 Å². The Balaban J connectivity index is 2.87. The molecule has 0 heterocycles. The molecular weight excluding hydrogens is 307 g/mol. The number of hydrogen-bond donors (Lipinski definition) is 0. The van der Waals surface area contributed by atoms with Gasteiger partial charge in [-0.2, -0.15) is 0 Å². The van der Waals surface area contributed by atoms with E-state index in [1.165, 1.54) is 19.2 Å². The normalized spacial score (nSPS) is 10.2. The second-order valence-corrected chi connectivity index (χ2v) is 4.09. The Bertz CT molecular complexity index is 423. The third-order valence-electron chi connectivity index (χ3n) is 2.09. The molecule has 6 heteroatoms. The Morgan fingerprint density at radius 2 is 2.11 bits per heavy atom. The molecule has 4 nitrogen and oxygen atoms in total. The van der Waals surface area contributed by atoms with E-state index in [0.29, 0.717) is 6.61 Å². The van der Waals surface area contributed by atoms with Crippen LogP contribution in [-0.4, -0.2) is 32.9 Å². The number of methoxy groups -OCH3 is 1. The van der Waals surface area contributed by atoms with Crippen molar-refractivity contribution in [3.8, 4) is 5.75 Å². The van der Waals surface area contributed by atoms with Crippen molar-refractivity contribution < 1.29 is 23.4 Å². The molecule has 1 aromatic carbocycles. The molecule has 0 aliphatic carbocycles. The maximum atomic E-state index is 13.9. The zero-order valence-corrected chi connectivity index (χ0v) is 11.8. The molecule has 0 aromatic heterocycles. The highest BCUT2D eigenvalue weighted by molar-refractivity contribution is 9.10. The highest BCUT2D eigenvalue weighted by atomic mass is 79.9. The van der Waals surface area contributed by atoms with Crippen LogP contribution in [-0.2, 0) is 9.47 Å². The molecule has 0 aliphatic rings. The lowest BCUT2D eigenvalue weighted by molar-refractivity contribution is 0.0524. The van der Waals surface area contributed by atoms with E-state index in [-0.39, 0.29) is 29.0 Å². The van der Waals surface area contributed by atoms with Crippen LogP contribution in [0, 0.1) is 5.82 Å². The first-order chi connectivity index (χ1) is 8.61. The van der Waals surface area contributed by atoms with Crippen molar-refractivity contribution in [3.05, 3.63) is 28.0 Å². The average molecular weight is 321 g/mol. The number of carbonyl (C=O) groups excluding carboxylic acids is 1. The van der Waals surface area contributed by atoms with Crippen molar-refractivity contribution in [3.63, 3.8) is 0 Å². The highest BCUT2D eigenvalue weighted by Gasteiger charge is 2.18. The van der Waals surface area contributed by atoms with Gasteiger partial charge in [0.2, 0.25) is 0 Å². The molecule has 0 fully saturated rings. The van der Waals surface area contributed by atoms with E-state index in [1.807, 2.05) is 0 Å². The van der Waals surface area contributed by atoms with Gasteiger partial charge >= 0.3 is 5.97 Å². The minimum atomic E-state index is -0.628. The summed E-state index contributed by atoms with van der Waals surface area (Å²) in [6.45, 7) is 2.51. The third kappa shape index (κ3) is 3.68. The van der Waals surface area contributed by atoms with E-state index < -0.39 is 11.8 Å². The summed E-state index contributed by atoms with van der Waals surface area (Å²) in [5, 5.41) is 0. The molecule has 0 bridgehead atoms. The number of ether oxygens (including phenoxy) is 3. The molecule has 0 atom stereocenters. The van der Waals surface area contributed by atoms with Gasteiger partial charge in [0.1, 0.15) is 6.61 Å². The number of rotatable bonds is 6. The fraction of sp³-hybridized carbons (Fsp3) is 0.417. The van der Waals surface area contributed by atoms with E-state index in [1.54, 1.807) is 6.92 Å². The molecule has 0 unspecified atom stereocenters. The zero-order chi connectivity index (χ0) is 13.5. The van der Waals surface area contributed by atoms with E-state index in [0.717, 1.165) is 0 Å². The first kappa shape index (κ1) is 14.9. The predicted octanol–water partition coefficient (Wildman–Crippen LogP) is 2.79. The molecule has 0 aliphatic heterocycles. The molecular formula is C12H14BrFO4. The smallest absolute Gasteiger partial charge is 0.339 e. The summed E-state index contributed by atoms with van der Waals surface area (Å²) in [6.07, 6.45) is 0. The molecule has 0 saturated carbocycles. The Morgan fingerprint density at radius 3 is 2.72 bits per heavy atom. The first-order valence-electron chi connectivity index (χ1n) is 5.38. The third-order valence-corrected chi connectivity index (χ3v) is 2.86. The minimum Gasteiger partial charge on any atom is -0.488 e. The molecule has 0 radical (unpaired) electrons. The van der Waals surface area contributed by atoms with Gasteiger partial charge in [-0.05, 0) is 35.0 Å². The van der Waals surface area contributed by atoms with Crippen molar-refractivity contribution in [2.24, 2.45) is 0 Å². The van der Waals surface area contributed by atoms with E-state index in [9.17, 15) is 9.18 Å². The summed E-state index contributed by atoms with van der Waals surface area (Å²) in [7, 11) is 1.53. The molecule has 0 saturated heterocycles. The largest absolute Gasteiger partial charge is 0.488 e. The van der Waals surface area contributed by atoms with Crippen LogP contribution in [0.4, 0.5) is 4.39 Å². The summed E-state index contributed by atoms with van der Waals surface area (Å²) in [5.41, 5.74) is 0.133. The van der Waals surface area contributed by atoms with Crippen LogP contribution in [0.25, 0.3) is 0 Å². The van der Waals surface area contributed by atoms with Crippen LogP contribution in [0.1, 0.15) is 17.3 Å². The summed E-state index contributed by atoms with van der Waals surface area (Å²) >= 11 is 3.02. The quantitative estimate of drug-likeness (QED) is 0.597. The lowest BCUT2D eigenvalue weighted by Gasteiger charge is -2.10. The summed E-state index contributed by atoms with van der Waals surface area (Å²) in [5.74, 6) is -1.14. The summed E-state index contributed by atoms with van der Waals surface area (Å²) in [6, 6.07) is 2.84. The van der Waals surface area contributed by atoms with Crippen molar-refractivity contribution in [1.82, 2.24) is 0 Å². The van der Waals surface area contributed by atoms with Crippen LogP contribution in [0.5, 0.6) is 5.75 Å². The lowest BCUT2D eigenvalue weighted by Crippen LogP contribution is -2.09. The van der Waals surface area contributed by atoms with Gasteiger partial charge in [0, 0.05) is 7.11 Å². The van der Waals surface area contributed by atoms with Gasteiger partial charge in [-0.3, -0.25) is 0 Å². The van der Waals surface area contributed by atoms with Crippen molar-refractivity contribution in [1.29, 1.82) is 0 Å². The Morgan fingerprint density at radius 1 is 1.39 bits per heavy atom. The topological polar surface area (TPSA) is 44.8 Å². The zero-order valence-electron chi connectivity index (χ0n) is 10.2. The van der Waals surface area contributed by atoms with Gasteiger partial charge in [-0.25, -0.2) is 9.18 Å². The molecule has 100 valence electrons. The number of halogens is 2. The summed E-state index contributed by atoms with van der Waals surface area (Å²) in [4.78, 5) is 11.5. The number of benzene rings is 1. The van der Waals surface area contributed by atoms with Gasteiger partial charge in [0.05, 0.1) is 23.2 Å². The van der Waals surface area contributed by atoms with Crippen molar-refractivity contribution in [2.45, 2.75) is 6.92 Å². The standard InChI is InChI=1S/C12H14BrFO4/c1-3-17-12(15)8-4-5-9(11(14)10(8)13)18-7-6-16-2/h4-5H,3,6-7H2,1-2H3. The van der Waals surface area contributed by atoms with Gasteiger partial charge in [-0.1, -0.05) is 0 Å². The van der Waals surface area contributed by atoms with Gasteiger partial charge in [0.25, 0.3) is 0 Å². The van der Waals surface area contributed by atoms with Gasteiger partial charge in [-0.15, -0.1) is 0 Å². The highest BCUT2D eigenvalue weighted by Crippen LogP contribution is 2.29. The van der Waals surface area contributed by atoms with Crippen LogP contribution in [0.2, 0.25) is 0 Å². The van der Waals surface area contributed by atoms with Crippen LogP contribution < -0.4 is 4.74 Å². The lowest BCUT2D eigenvalue weighted by atomic mass is 10.2. The van der Waals surface area contributed by atoms with Crippen LogP contribution in [0.15, 0.2) is 16.6 Å². The van der Waals surface area contributed by atoms with Crippen LogP contribution in [0.3, 0.4) is 0 Å². The second-order valence-electron chi connectivity index (χ2n) is 3.30. The fourth-order valence-electron chi connectivity index (χ4n) is 1.24. The molecule has 1 rings (SSSR count). The Kier molecular flexibility index (Phi) is 6.07. The molecule has 0 N–H and O–H groups in total. The molecule has 0 amide bonds. The molecule has 1 aromatic rings. The predicted molar refractivity (Wildman–Crippen MR) is 67.4 cm³/mol. The van der Waals surface area contributed by atoms with E-state index >= 15 is 0 Å². The molecule has 0 spiro atoms. The Labute approximate surface area is 113 Å². The van der Waals surface area contributed by atoms with Crippen molar-refractivity contribution >= 4 is 21.9 Å². The van der Waals surface area contributed by atoms with Crippen molar-refractivity contribution in [2.75, 3.05) is 26.9 Å². The van der Waals surface area contributed by atoms with E-state index in [4.69, 9.17) is 14.2 Å². The first-order valence-corrected chi connectivity index (χ1v) is 6.18. The summed E-state index contributed by atoms with van der Waals surface area (Å²) < 4.78 is 28.7. The SMILES string of the molecule is CCOC(=O)c1ccc(OCCOC)c(F)c1Br. The Hall–Kier alpha value is -1.14. The fourth-order valence-corrected chi connectivity index (χ4v) is 1.73. The minimum absolute atomic E-state index is 0.0378. The van der Waals surface area contributed by atoms with Gasteiger partial charge < -0.3 is 14.2 Å². The monoisotopic (exact) mass is 320 g/mol. The maximum Gasteiger partial charge on any atom is 0.339 e.